The predicted octanol–water partition coefficient (Wildman–Crippen LogP) is 2.29. The molecular weight excluding hydrogens is 622 g/mol. The molecule has 15 nitrogen and oxygen atoms in total. The van der Waals surface area contributed by atoms with Gasteiger partial charge in [-0.05, 0) is 63.1 Å². The summed E-state index contributed by atoms with van der Waals surface area (Å²) in [4.78, 5) is 73.7. The van der Waals surface area contributed by atoms with Gasteiger partial charge in [-0.1, -0.05) is 39.8 Å². The molecule has 1 rings (SSSR count). The SMILES string of the molecule is CC(C)NC(=O)OCc1ccc(NC(=O)[C@@H](CCCNC(N)=O)NC(=O)[C@H](NC(=O)CCCOCCCNC(=O)C(C)C)C(C)C)cc1. The van der Waals surface area contributed by atoms with E-state index in [1.54, 1.807) is 38.1 Å². The number of ether oxygens (including phenoxy) is 2. The molecule has 48 heavy (non-hydrogen) atoms. The number of anilines is 1. The largest absolute Gasteiger partial charge is 0.445 e. The number of nitrogens with two attached hydrogens (primary N) is 1. The molecule has 270 valence electrons. The third kappa shape index (κ3) is 18.7. The normalized spacial score (nSPS) is 12.2. The zero-order chi connectivity index (χ0) is 36.1. The minimum absolute atomic E-state index is 0.00927. The van der Waals surface area contributed by atoms with Crippen LogP contribution >= 0.6 is 0 Å². The van der Waals surface area contributed by atoms with Crippen LogP contribution in [-0.2, 0) is 35.3 Å². The van der Waals surface area contributed by atoms with Gasteiger partial charge in [-0.3, -0.25) is 19.2 Å². The number of alkyl carbamates (subject to hydrolysis) is 1. The molecule has 0 radical (unpaired) electrons. The van der Waals surface area contributed by atoms with E-state index in [1.165, 1.54) is 0 Å². The van der Waals surface area contributed by atoms with E-state index in [9.17, 15) is 28.8 Å². The van der Waals surface area contributed by atoms with Crippen LogP contribution in [0.1, 0.15) is 79.2 Å². The molecule has 1 aromatic rings. The number of primary amides is 1. The number of nitrogens with one attached hydrogen (secondary N) is 6. The maximum atomic E-state index is 13.3. The van der Waals surface area contributed by atoms with Crippen molar-refractivity contribution in [2.75, 3.05) is 31.6 Å². The molecule has 0 bridgehead atoms. The van der Waals surface area contributed by atoms with Crippen molar-refractivity contribution in [1.29, 1.82) is 0 Å². The summed E-state index contributed by atoms with van der Waals surface area (Å²) < 4.78 is 10.7. The Balaban J connectivity index is 2.70. The second kappa shape index (κ2) is 23.0. The molecule has 1 aromatic carbocycles. The predicted molar refractivity (Wildman–Crippen MR) is 182 cm³/mol. The molecular formula is C33H55N7O8. The fourth-order valence-corrected chi connectivity index (χ4v) is 4.20. The Morgan fingerprint density at radius 1 is 0.750 bits per heavy atom. The summed E-state index contributed by atoms with van der Waals surface area (Å²) in [7, 11) is 0. The van der Waals surface area contributed by atoms with Crippen molar-refractivity contribution < 1.29 is 38.2 Å². The summed E-state index contributed by atoms with van der Waals surface area (Å²) in [6, 6.07) is 4.07. The van der Waals surface area contributed by atoms with Gasteiger partial charge in [0, 0.05) is 50.4 Å². The number of rotatable bonds is 22. The smallest absolute Gasteiger partial charge is 0.407 e. The van der Waals surface area contributed by atoms with Crippen molar-refractivity contribution in [2.45, 2.75) is 98.4 Å². The number of carbonyl (C=O) groups is 6. The Bertz CT molecular complexity index is 1180. The Kier molecular flexibility index (Phi) is 20.0. The highest BCUT2D eigenvalue weighted by Gasteiger charge is 2.28. The fraction of sp³-hybridized carbons (Fsp3) is 0.636. The maximum absolute atomic E-state index is 13.3. The van der Waals surface area contributed by atoms with Gasteiger partial charge < -0.3 is 47.1 Å². The van der Waals surface area contributed by atoms with E-state index < -0.39 is 36.0 Å². The molecule has 0 aromatic heterocycles. The van der Waals surface area contributed by atoms with E-state index in [-0.39, 0.29) is 55.7 Å². The molecule has 0 saturated carbocycles. The summed E-state index contributed by atoms with van der Waals surface area (Å²) >= 11 is 0. The molecule has 7 amide bonds. The van der Waals surface area contributed by atoms with Gasteiger partial charge in [0.05, 0.1) is 0 Å². The lowest BCUT2D eigenvalue weighted by Gasteiger charge is -2.25. The number of amides is 7. The van der Waals surface area contributed by atoms with Crippen LogP contribution in [-0.4, -0.2) is 80.2 Å². The molecule has 2 atom stereocenters. The van der Waals surface area contributed by atoms with E-state index in [4.69, 9.17) is 15.2 Å². The first-order valence-corrected chi connectivity index (χ1v) is 16.5. The van der Waals surface area contributed by atoms with E-state index in [1.807, 2.05) is 27.7 Å². The highest BCUT2D eigenvalue weighted by atomic mass is 16.5. The lowest BCUT2D eigenvalue weighted by Crippen LogP contribution is -2.54. The first-order valence-electron chi connectivity index (χ1n) is 16.5. The van der Waals surface area contributed by atoms with Crippen molar-refractivity contribution in [2.24, 2.45) is 17.6 Å². The Labute approximate surface area is 283 Å². The van der Waals surface area contributed by atoms with Crippen LogP contribution in [0, 0.1) is 11.8 Å². The number of benzene rings is 1. The van der Waals surface area contributed by atoms with Crippen LogP contribution < -0.4 is 37.6 Å². The number of urea groups is 1. The van der Waals surface area contributed by atoms with Gasteiger partial charge in [0.15, 0.2) is 0 Å². The third-order valence-corrected chi connectivity index (χ3v) is 6.85. The topological polar surface area (TPSA) is 219 Å². The van der Waals surface area contributed by atoms with E-state index in [0.717, 1.165) is 0 Å². The zero-order valence-corrected chi connectivity index (χ0v) is 29.1. The first kappa shape index (κ1) is 41.6. The van der Waals surface area contributed by atoms with Gasteiger partial charge in [0.2, 0.25) is 23.6 Å². The van der Waals surface area contributed by atoms with Crippen LogP contribution in [0.2, 0.25) is 0 Å². The summed E-state index contributed by atoms with van der Waals surface area (Å²) in [6.07, 6.45) is 1.25. The van der Waals surface area contributed by atoms with Crippen LogP contribution in [0.4, 0.5) is 15.3 Å². The molecule has 0 spiro atoms. The highest BCUT2D eigenvalue weighted by Crippen LogP contribution is 2.13. The lowest BCUT2D eigenvalue weighted by molar-refractivity contribution is -0.132. The van der Waals surface area contributed by atoms with Crippen molar-refractivity contribution in [1.82, 2.24) is 26.6 Å². The number of hydrogen-bond donors (Lipinski definition) is 7. The van der Waals surface area contributed by atoms with Crippen LogP contribution in [0.25, 0.3) is 0 Å². The maximum Gasteiger partial charge on any atom is 0.407 e. The van der Waals surface area contributed by atoms with Crippen LogP contribution in [0.5, 0.6) is 0 Å². The van der Waals surface area contributed by atoms with Crippen molar-refractivity contribution in [3.8, 4) is 0 Å². The highest BCUT2D eigenvalue weighted by molar-refractivity contribution is 5.98. The molecule has 8 N–H and O–H groups in total. The Morgan fingerprint density at radius 3 is 2.00 bits per heavy atom. The monoisotopic (exact) mass is 677 g/mol. The molecule has 0 aliphatic rings. The average Bonchev–Trinajstić information content (AvgIpc) is 3.01. The first-order chi connectivity index (χ1) is 22.7. The Hall–Kier alpha value is -4.40. The van der Waals surface area contributed by atoms with Crippen LogP contribution in [0.15, 0.2) is 24.3 Å². The second-order valence-corrected chi connectivity index (χ2v) is 12.4. The lowest BCUT2D eigenvalue weighted by atomic mass is 10.0. The summed E-state index contributed by atoms with van der Waals surface area (Å²) in [5, 5.41) is 16.2. The van der Waals surface area contributed by atoms with E-state index >= 15 is 0 Å². The van der Waals surface area contributed by atoms with E-state index in [2.05, 4.69) is 31.9 Å². The quantitative estimate of drug-likeness (QED) is 0.0901. The van der Waals surface area contributed by atoms with Gasteiger partial charge in [-0.15, -0.1) is 0 Å². The molecule has 15 heteroatoms. The van der Waals surface area contributed by atoms with Crippen molar-refractivity contribution in [3.63, 3.8) is 0 Å². The van der Waals surface area contributed by atoms with Crippen molar-refractivity contribution >= 4 is 41.4 Å². The Morgan fingerprint density at radius 2 is 1.40 bits per heavy atom. The standard InChI is InChI=1S/C33H55N7O8/c1-21(2)28(40-27(41)11-8-18-47-19-9-17-35-29(42)22(3)4)31(44)39-26(10-7-16-36-32(34)45)30(43)38-25-14-12-24(13-15-25)20-48-33(46)37-23(5)6/h12-15,21-23,26,28H,7-11,16-20H2,1-6H3,(H,35,42)(H,37,46)(H,38,43)(H,39,44)(H,40,41)(H3,34,36,45)/t26-,28-/m1/s1. The minimum atomic E-state index is -0.980. The molecule has 0 aliphatic carbocycles. The van der Waals surface area contributed by atoms with E-state index in [0.29, 0.717) is 50.3 Å². The number of carbonyl (C=O) groups excluding carboxylic acids is 6. The summed E-state index contributed by atoms with van der Waals surface area (Å²) in [5.41, 5.74) is 6.31. The summed E-state index contributed by atoms with van der Waals surface area (Å²) in [6.45, 7) is 12.4. The third-order valence-electron chi connectivity index (χ3n) is 6.85. The fourth-order valence-electron chi connectivity index (χ4n) is 4.20. The molecule has 0 unspecified atom stereocenters. The number of hydrogen-bond acceptors (Lipinski definition) is 8. The molecule has 0 fully saturated rings. The molecule has 0 heterocycles. The van der Waals surface area contributed by atoms with Gasteiger partial charge in [-0.25, -0.2) is 9.59 Å². The average molecular weight is 678 g/mol. The van der Waals surface area contributed by atoms with Gasteiger partial charge in [0.25, 0.3) is 0 Å². The zero-order valence-electron chi connectivity index (χ0n) is 29.1. The minimum Gasteiger partial charge on any atom is -0.445 e. The second-order valence-electron chi connectivity index (χ2n) is 12.4. The van der Waals surface area contributed by atoms with Gasteiger partial charge in [0.1, 0.15) is 18.7 Å². The van der Waals surface area contributed by atoms with Gasteiger partial charge in [-0.2, -0.15) is 0 Å². The van der Waals surface area contributed by atoms with Gasteiger partial charge >= 0.3 is 12.1 Å². The summed E-state index contributed by atoms with van der Waals surface area (Å²) in [5.74, 6) is -1.69. The molecule has 0 saturated heterocycles. The van der Waals surface area contributed by atoms with Crippen molar-refractivity contribution in [3.05, 3.63) is 29.8 Å². The van der Waals surface area contributed by atoms with Crippen LogP contribution in [0.3, 0.4) is 0 Å². The molecule has 0 aliphatic heterocycles.